The standard InChI is InChI=1S/C16H24N6O2S/c1-11-8-16(20-19-11)15-9-14(17-12(2)18-15)13-6-5-7-22(10-13)25(23,24)21(3)4/h8-9,13H,5-7,10H2,1-4H3,(H,19,20). The molecule has 9 heteroatoms. The minimum Gasteiger partial charge on any atom is -0.282 e. The minimum atomic E-state index is -3.40. The quantitative estimate of drug-likeness (QED) is 0.886. The molecule has 0 bridgehead atoms. The summed E-state index contributed by atoms with van der Waals surface area (Å²) in [5, 5.41) is 7.18. The van der Waals surface area contributed by atoms with Crippen LogP contribution in [0.1, 0.15) is 36.0 Å². The Hall–Kier alpha value is -1.84. The van der Waals surface area contributed by atoms with Gasteiger partial charge in [-0.05, 0) is 38.8 Å². The summed E-state index contributed by atoms with van der Waals surface area (Å²) in [5.74, 6) is 0.727. The summed E-state index contributed by atoms with van der Waals surface area (Å²) in [6.45, 7) is 4.78. The zero-order valence-corrected chi connectivity index (χ0v) is 15.8. The zero-order chi connectivity index (χ0) is 18.2. The summed E-state index contributed by atoms with van der Waals surface area (Å²) in [4.78, 5) is 9.04. The summed E-state index contributed by atoms with van der Waals surface area (Å²) >= 11 is 0. The van der Waals surface area contributed by atoms with Crippen LogP contribution in [0, 0.1) is 13.8 Å². The van der Waals surface area contributed by atoms with E-state index < -0.39 is 10.2 Å². The van der Waals surface area contributed by atoms with Crippen LogP contribution in [0.4, 0.5) is 0 Å². The van der Waals surface area contributed by atoms with E-state index in [1.807, 2.05) is 26.0 Å². The number of nitrogens with zero attached hydrogens (tertiary/aromatic N) is 5. The molecule has 0 amide bonds. The smallest absolute Gasteiger partial charge is 0.281 e. The maximum absolute atomic E-state index is 12.4. The molecule has 0 spiro atoms. The van der Waals surface area contributed by atoms with Gasteiger partial charge in [0.05, 0.1) is 5.69 Å². The number of piperidine rings is 1. The van der Waals surface area contributed by atoms with Crippen molar-refractivity contribution in [3.63, 3.8) is 0 Å². The maximum Gasteiger partial charge on any atom is 0.281 e. The Morgan fingerprint density at radius 1 is 1.20 bits per heavy atom. The van der Waals surface area contributed by atoms with Gasteiger partial charge >= 0.3 is 0 Å². The summed E-state index contributed by atoms with van der Waals surface area (Å²) < 4.78 is 27.7. The van der Waals surface area contributed by atoms with Crippen LogP contribution >= 0.6 is 0 Å². The first-order valence-electron chi connectivity index (χ1n) is 8.33. The SMILES string of the molecule is Cc1nc(-c2cc(C)[nH]n2)cc(C2CCCN(S(=O)(=O)N(C)C)C2)n1. The van der Waals surface area contributed by atoms with Crippen molar-refractivity contribution in [2.24, 2.45) is 0 Å². The molecule has 0 radical (unpaired) electrons. The van der Waals surface area contributed by atoms with E-state index in [9.17, 15) is 8.42 Å². The number of aromatic amines is 1. The minimum absolute atomic E-state index is 0.0592. The average molecular weight is 364 g/mol. The van der Waals surface area contributed by atoms with Gasteiger partial charge in [0.25, 0.3) is 10.2 Å². The number of aromatic nitrogens is 4. The van der Waals surface area contributed by atoms with E-state index in [1.165, 1.54) is 8.61 Å². The van der Waals surface area contributed by atoms with Crippen molar-refractivity contribution in [3.8, 4) is 11.4 Å². The molecule has 136 valence electrons. The predicted molar refractivity (Wildman–Crippen MR) is 95.2 cm³/mol. The highest BCUT2D eigenvalue weighted by Gasteiger charge is 2.32. The first kappa shape index (κ1) is 18.0. The number of hydrogen-bond donors (Lipinski definition) is 1. The first-order chi connectivity index (χ1) is 11.8. The highest BCUT2D eigenvalue weighted by Crippen LogP contribution is 2.29. The van der Waals surface area contributed by atoms with Gasteiger partial charge in [-0.25, -0.2) is 9.97 Å². The monoisotopic (exact) mass is 364 g/mol. The molecule has 3 rings (SSSR count). The van der Waals surface area contributed by atoms with Crippen LogP contribution < -0.4 is 0 Å². The highest BCUT2D eigenvalue weighted by atomic mass is 32.2. The van der Waals surface area contributed by atoms with Gasteiger partial charge in [0.2, 0.25) is 0 Å². The van der Waals surface area contributed by atoms with E-state index in [0.717, 1.165) is 35.6 Å². The second kappa shape index (κ2) is 6.81. The van der Waals surface area contributed by atoms with Crippen molar-refractivity contribution >= 4 is 10.2 Å². The number of hydrogen-bond acceptors (Lipinski definition) is 5. The topological polar surface area (TPSA) is 95.1 Å². The lowest BCUT2D eigenvalue weighted by Gasteiger charge is -2.33. The van der Waals surface area contributed by atoms with E-state index >= 15 is 0 Å². The fraction of sp³-hybridized carbons (Fsp3) is 0.562. The van der Waals surface area contributed by atoms with E-state index in [0.29, 0.717) is 18.9 Å². The summed E-state index contributed by atoms with van der Waals surface area (Å²) in [7, 11) is -0.281. The Balaban J connectivity index is 1.90. The fourth-order valence-corrected chi connectivity index (χ4v) is 4.29. The largest absolute Gasteiger partial charge is 0.282 e. The molecule has 0 aromatic carbocycles. The third-order valence-electron chi connectivity index (χ3n) is 4.42. The van der Waals surface area contributed by atoms with Gasteiger partial charge < -0.3 is 0 Å². The Morgan fingerprint density at radius 3 is 2.60 bits per heavy atom. The Labute approximate surface area is 148 Å². The Bertz CT molecular complexity index is 861. The second-order valence-corrected chi connectivity index (χ2v) is 8.79. The van der Waals surface area contributed by atoms with Crippen molar-refractivity contribution in [1.29, 1.82) is 0 Å². The van der Waals surface area contributed by atoms with E-state index in [-0.39, 0.29) is 5.92 Å². The Morgan fingerprint density at radius 2 is 1.96 bits per heavy atom. The van der Waals surface area contributed by atoms with Crippen molar-refractivity contribution in [1.82, 2.24) is 28.8 Å². The lowest BCUT2D eigenvalue weighted by Crippen LogP contribution is -2.45. The molecule has 2 aromatic heterocycles. The predicted octanol–water partition coefficient (Wildman–Crippen LogP) is 1.47. The molecule has 1 aliphatic rings. The molecular weight excluding hydrogens is 340 g/mol. The van der Waals surface area contributed by atoms with Gasteiger partial charge in [-0.2, -0.15) is 22.1 Å². The lowest BCUT2D eigenvalue weighted by atomic mass is 9.95. The van der Waals surface area contributed by atoms with Crippen molar-refractivity contribution < 1.29 is 8.42 Å². The van der Waals surface area contributed by atoms with Crippen LogP contribution in [0.2, 0.25) is 0 Å². The van der Waals surface area contributed by atoms with Crippen LogP contribution in [-0.4, -0.2) is 64.4 Å². The molecule has 1 N–H and O–H groups in total. The summed E-state index contributed by atoms with van der Waals surface area (Å²) in [5.41, 5.74) is 3.38. The van der Waals surface area contributed by atoms with Crippen LogP contribution in [0.15, 0.2) is 12.1 Å². The normalized spacial score (nSPS) is 19.5. The van der Waals surface area contributed by atoms with Crippen LogP contribution in [0.3, 0.4) is 0 Å². The van der Waals surface area contributed by atoms with Gasteiger partial charge in [-0.1, -0.05) is 0 Å². The molecule has 2 aromatic rings. The van der Waals surface area contributed by atoms with Crippen molar-refractivity contribution in [2.45, 2.75) is 32.6 Å². The van der Waals surface area contributed by atoms with Gasteiger partial charge in [0, 0.05) is 44.5 Å². The number of H-pyrrole nitrogens is 1. The third kappa shape index (κ3) is 3.73. The molecule has 3 heterocycles. The maximum atomic E-state index is 12.4. The van der Waals surface area contributed by atoms with E-state index in [1.54, 1.807) is 14.1 Å². The highest BCUT2D eigenvalue weighted by molar-refractivity contribution is 7.86. The average Bonchev–Trinajstić information content (AvgIpc) is 3.01. The fourth-order valence-electron chi connectivity index (χ4n) is 3.10. The van der Waals surface area contributed by atoms with Crippen molar-refractivity contribution in [2.75, 3.05) is 27.2 Å². The zero-order valence-electron chi connectivity index (χ0n) is 15.0. The molecule has 8 nitrogen and oxygen atoms in total. The molecule has 1 fully saturated rings. The first-order valence-corrected chi connectivity index (χ1v) is 9.72. The Kier molecular flexibility index (Phi) is 4.90. The molecule has 0 aliphatic carbocycles. The molecular formula is C16H24N6O2S. The number of rotatable bonds is 4. The number of nitrogens with one attached hydrogen (secondary N) is 1. The van der Waals surface area contributed by atoms with Crippen LogP contribution in [-0.2, 0) is 10.2 Å². The van der Waals surface area contributed by atoms with Gasteiger partial charge in [-0.3, -0.25) is 5.10 Å². The van der Waals surface area contributed by atoms with E-state index in [2.05, 4.69) is 20.2 Å². The second-order valence-electron chi connectivity index (χ2n) is 6.65. The van der Waals surface area contributed by atoms with E-state index in [4.69, 9.17) is 0 Å². The summed E-state index contributed by atoms with van der Waals surface area (Å²) in [6.07, 6.45) is 1.73. The molecule has 0 saturated carbocycles. The third-order valence-corrected chi connectivity index (χ3v) is 6.32. The van der Waals surface area contributed by atoms with Crippen LogP contribution in [0.5, 0.6) is 0 Å². The van der Waals surface area contributed by atoms with Gasteiger partial charge in [0.15, 0.2) is 0 Å². The molecule has 1 saturated heterocycles. The van der Waals surface area contributed by atoms with Crippen LogP contribution in [0.25, 0.3) is 11.4 Å². The molecule has 25 heavy (non-hydrogen) atoms. The lowest BCUT2D eigenvalue weighted by molar-refractivity contribution is 0.296. The number of aryl methyl sites for hydroxylation is 2. The molecule has 1 unspecified atom stereocenters. The van der Waals surface area contributed by atoms with Crippen molar-refractivity contribution in [3.05, 3.63) is 29.3 Å². The van der Waals surface area contributed by atoms with Gasteiger partial charge in [0.1, 0.15) is 11.5 Å². The molecule has 1 aliphatic heterocycles. The summed E-state index contributed by atoms with van der Waals surface area (Å²) in [6, 6.07) is 3.87. The molecule has 1 atom stereocenters. The van der Waals surface area contributed by atoms with Gasteiger partial charge in [-0.15, -0.1) is 0 Å².